The molecule has 14 heteroatoms. The highest BCUT2D eigenvalue weighted by Gasteiger charge is 2.29. The van der Waals surface area contributed by atoms with Crippen molar-refractivity contribution in [3.05, 3.63) is 51.7 Å². The Bertz CT molecular complexity index is 1440. The Labute approximate surface area is 258 Å². The minimum atomic E-state index is -0.646. The third-order valence-electron chi connectivity index (χ3n) is 6.19. The summed E-state index contributed by atoms with van der Waals surface area (Å²) >= 11 is 2.12. The van der Waals surface area contributed by atoms with Crippen molar-refractivity contribution in [1.82, 2.24) is 20.1 Å². The van der Waals surface area contributed by atoms with Crippen molar-refractivity contribution < 1.29 is 33.4 Å². The lowest BCUT2D eigenvalue weighted by Crippen LogP contribution is -2.25. The van der Waals surface area contributed by atoms with Gasteiger partial charge in [0, 0.05) is 12.6 Å². The number of rotatable bonds is 15. The van der Waals surface area contributed by atoms with Crippen molar-refractivity contribution in [3.8, 4) is 5.75 Å². The Balaban J connectivity index is 1.63. The molecular formula is C29H37N5O7S2. The molecular weight excluding hydrogens is 594 g/mol. The second-order valence-corrected chi connectivity index (χ2v) is 11.6. The van der Waals surface area contributed by atoms with E-state index in [4.69, 9.17) is 14.2 Å². The molecule has 2 heterocycles. The van der Waals surface area contributed by atoms with Crippen LogP contribution in [0.2, 0.25) is 0 Å². The SMILES string of the molecule is CCCCOc1ccc(C(=O)NCc2nnc(S[C@H](C)C(=O)Nc3sc(C(=O)OCC)c(C)c3C(=O)OCC)n2C)cc1. The number of unbranched alkanes of at least 4 members (excludes halogenated alkanes) is 1. The first-order valence-corrected chi connectivity index (χ1v) is 15.6. The fourth-order valence-electron chi connectivity index (χ4n) is 3.77. The number of thioether (sulfide) groups is 1. The van der Waals surface area contributed by atoms with Gasteiger partial charge in [0.15, 0.2) is 11.0 Å². The third kappa shape index (κ3) is 8.80. The highest BCUT2D eigenvalue weighted by atomic mass is 32.2. The van der Waals surface area contributed by atoms with Gasteiger partial charge in [0.05, 0.1) is 37.2 Å². The number of hydrogen-bond donors (Lipinski definition) is 2. The predicted molar refractivity (Wildman–Crippen MR) is 164 cm³/mol. The zero-order valence-electron chi connectivity index (χ0n) is 25.1. The molecule has 0 aliphatic rings. The summed E-state index contributed by atoms with van der Waals surface area (Å²) in [5.41, 5.74) is 0.992. The summed E-state index contributed by atoms with van der Waals surface area (Å²) in [6, 6.07) is 6.93. The standard InChI is InChI=1S/C29H37N5O7S2/c1-7-10-15-41-20-13-11-19(12-14-20)25(36)30-16-21-32-33-29(34(21)6)42-18(5)24(35)31-26-22(27(37)39-8-2)17(4)23(43-26)28(38)40-9-3/h11-14,18H,7-10,15-16H2,1-6H3,(H,30,36)(H,31,35)/t18-/m1/s1. The van der Waals surface area contributed by atoms with Crippen molar-refractivity contribution in [2.75, 3.05) is 25.1 Å². The van der Waals surface area contributed by atoms with Crippen LogP contribution in [0.25, 0.3) is 0 Å². The summed E-state index contributed by atoms with van der Waals surface area (Å²) in [5, 5.41) is 13.9. The van der Waals surface area contributed by atoms with Gasteiger partial charge in [-0.1, -0.05) is 25.1 Å². The van der Waals surface area contributed by atoms with Crippen LogP contribution in [0.4, 0.5) is 5.00 Å². The zero-order valence-corrected chi connectivity index (χ0v) is 26.8. The van der Waals surface area contributed by atoms with E-state index in [1.54, 1.807) is 63.6 Å². The van der Waals surface area contributed by atoms with Crippen LogP contribution in [0, 0.1) is 6.92 Å². The Morgan fingerprint density at radius 2 is 1.70 bits per heavy atom. The number of ether oxygens (including phenoxy) is 3. The van der Waals surface area contributed by atoms with Crippen molar-refractivity contribution in [2.24, 2.45) is 7.05 Å². The molecule has 43 heavy (non-hydrogen) atoms. The normalized spacial score (nSPS) is 11.5. The van der Waals surface area contributed by atoms with E-state index in [1.165, 1.54) is 0 Å². The molecule has 0 fully saturated rings. The van der Waals surface area contributed by atoms with E-state index in [0.29, 0.717) is 34.5 Å². The molecule has 0 radical (unpaired) electrons. The van der Waals surface area contributed by atoms with Crippen LogP contribution in [-0.2, 0) is 27.9 Å². The van der Waals surface area contributed by atoms with Crippen LogP contribution in [0.5, 0.6) is 5.75 Å². The summed E-state index contributed by atoms with van der Waals surface area (Å²) in [6.45, 7) is 9.82. The highest BCUT2D eigenvalue weighted by Crippen LogP contribution is 2.35. The van der Waals surface area contributed by atoms with E-state index in [0.717, 1.165) is 35.9 Å². The number of nitrogens with zero attached hydrogens (tertiary/aromatic N) is 3. The summed E-state index contributed by atoms with van der Waals surface area (Å²) in [7, 11) is 1.74. The van der Waals surface area contributed by atoms with Crippen molar-refractivity contribution in [1.29, 1.82) is 0 Å². The minimum absolute atomic E-state index is 0.121. The molecule has 0 aliphatic carbocycles. The number of aromatic nitrogens is 3. The quantitative estimate of drug-likeness (QED) is 0.136. The largest absolute Gasteiger partial charge is 0.494 e. The number of hydrogen-bond acceptors (Lipinski definition) is 11. The van der Waals surface area contributed by atoms with Crippen LogP contribution >= 0.6 is 23.1 Å². The monoisotopic (exact) mass is 631 g/mol. The van der Waals surface area contributed by atoms with Gasteiger partial charge in [-0.3, -0.25) is 9.59 Å². The number of carbonyl (C=O) groups is 4. The molecule has 0 unspecified atom stereocenters. The second kappa shape index (κ2) is 16.1. The van der Waals surface area contributed by atoms with Gasteiger partial charge in [0.2, 0.25) is 5.91 Å². The smallest absolute Gasteiger partial charge is 0.348 e. The van der Waals surface area contributed by atoms with E-state index in [-0.39, 0.29) is 41.1 Å². The van der Waals surface area contributed by atoms with E-state index in [9.17, 15) is 19.2 Å². The van der Waals surface area contributed by atoms with Gasteiger partial charge in [0.1, 0.15) is 15.6 Å². The van der Waals surface area contributed by atoms with Crippen molar-refractivity contribution >= 4 is 51.9 Å². The maximum atomic E-state index is 13.1. The van der Waals surface area contributed by atoms with Gasteiger partial charge in [0.25, 0.3) is 5.91 Å². The van der Waals surface area contributed by atoms with E-state index >= 15 is 0 Å². The lowest BCUT2D eigenvalue weighted by Gasteiger charge is -2.12. The molecule has 2 amide bonds. The van der Waals surface area contributed by atoms with Gasteiger partial charge in [-0.2, -0.15) is 0 Å². The molecule has 0 saturated carbocycles. The number of amides is 2. The maximum absolute atomic E-state index is 13.1. The Hall–Kier alpha value is -3.91. The predicted octanol–water partition coefficient (Wildman–Crippen LogP) is 4.77. The lowest BCUT2D eigenvalue weighted by molar-refractivity contribution is -0.115. The van der Waals surface area contributed by atoms with Crippen LogP contribution < -0.4 is 15.4 Å². The molecule has 0 aliphatic heterocycles. The number of thiophene rings is 1. The first-order chi connectivity index (χ1) is 20.6. The molecule has 1 aromatic carbocycles. The number of carbonyl (C=O) groups excluding carboxylic acids is 4. The average molecular weight is 632 g/mol. The van der Waals surface area contributed by atoms with Gasteiger partial charge >= 0.3 is 11.9 Å². The number of esters is 2. The van der Waals surface area contributed by atoms with E-state index in [2.05, 4.69) is 27.8 Å². The molecule has 0 bridgehead atoms. The topological polar surface area (TPSA) is 151 Å². The van der Waals surface area contributed by atoms with Crippen molar-refractivity contribution in [3.63, 3.8) is 0 Å². The summed E-state index contributed by atoms with van der Waals surface area (Å²) in [4.78, 5) is 51.1. The molecule has 2 aromatic heterocycles. The van der Waals surface area contributed by atoms with Crippen LogP contribution in [0.15, 0.2) is 29.4 Å². The molecule has 0 spiro atoms. The maximum Gasteiger partial charge on any atom is 0.348 e. The fraction of sp³-hybridized carbons (Fsp3) is 0.448. The molecule has 3 rings (SSSR count). The Morgan fingerprint density at radius 3 is 2.35 bits per heavy atom. The summed E-state index contributed by atoms with van der Waals surface area (Å²) in [5.74, 6) is -0.684. The fourth-order valence-corrected chi connectivity index (χ4v) is 5.69. The second-order valence-electron chi connectivity index (χ2n) is 9.32. The van der Waals surface area contributed by atoms with Gasteiger partial charge in [-0.05, 0) is 63.9 Å². The first-order valence-electron chi connectivity index (χ1n) is 14.0. The van der Waals surface area contributed by atoms with Crippen molar-refractivity contribution in [2.45, 2.75) is 64.4 Å². The Morgan fingerprint density at radius 1 is 1.02 bits per heavy atom. The van der Waals surface area contributed by atoms with Crippen LogP contribution in [0.1, 0.15) is 82.3 Å². The first kappa shape index (κ1) is 33.6. The minimum Gasteiger partial charge on any atom is -0.494 e. The number of anilines is 1. The van der Waals surface area contributed by atoms with E-state index in [1.807, 2.05) is 0 Å². The van der Waals surface area contributed by atoms with E-state index < -0.39 is 23.1 Å². The highest BCUT2D eigenvalue weighted by molar-refractivity contribution is 8.00. The lowest BCUT2D eigenvalue weighted by atomic mass is 10.1. The summed E-state index contributed by atoms with van der Waals surface area (Å²) in [6.07, 6.45) is 2.01. The summed E-state index contributed by atoms with van der Waals surface area (Å²) < 4.78 is 17.6. The molecule has 232 valence electrons. The Kier molecular flexibility index (Phi) is 12.6. The van der Waals surface area contributed by atoms with Crippen LogP contribution in [-0.4, -0.2) is 63.6 Å². The average Bonchev–Trinajstić information content (AvgIpc) is 3.50. The molecule has 0 saturated heterocycles. The van der Waals surface area contributed by atoms with Crippen LogP contribution in [0.3, 0.4) is 0 Å². The van der Waals surface area contributed by atoms with Gasteiger partial charge < -0.3 is 29.4 Å². The molecule has 12 nitrogen and oxygen atoms in total. The molecule has 1 atom stereocenters. The van der Waals surface area contributed by atoms with Gasteiger partial charge in [-0.25, -0.2) is 9.59 Å². The molecule has 2 N–H and O–H groups in total. The van der Waals surface area contributed by atoms with Gasteiger partial charge in [-0.15, -0.1) is 21.5 Å². The number of benzene rings is 1. The zero-order chi connectivity index (χ0) is 31.5. The molecule has 3 aromatic rings. The number of nitrogens with one attached hydrogen (secondary N) is 2. The third-order valence-corrected chi connectivity index (χ3v) is 8.51.